The number of hydrogen-bond acceptors (Lipinski definition) is 3. The number of nitrogens with one attached hydrogen (secondary N) is 1. The highest BCUT2D eigenvalue weighted by molar-refractivity contribution is 5.95. The summed E-state index contributed by atoms with van der Waals surface area (Å²) in [5, 5.41) is 6.92. The molecule has 0 aliphatic carbocycles. The molecule has 0 bridgehead atoms. The predicted octanol–water partition coefficient (Wildman–Crippen LogP) is 2.68. The summed E-state index contributed by atoms with van der Waals surface area (Å²) in [6, 6.07) is 8.69. The average Bonchev–Trinajstić information content (AvgIpc) is 2.93. The number of Topliss-reactive ketones (excluding diaryl/α,β-unsaturated/α-hetero) is 1. The van der Waals surface area contributed by atoms with Crippen molar-refractivity contribution in [1.82, 2.24) is 9.78 Å². The van der Waals surface area contributed by atoms with Crippen LogP contribution in [0.15, 0.2) is 42.7 Å². The van der Waals surface area contributed by atoms with Crippen LogP contribution in [0.3, 0.4) is 0 Å². The Labute approximate surface area is 117 Å². The van der Waals surface area contributed by atoms with Gasteiger partial charge in [-0.2, -0.15) is 5.10 Å². The van der Waals surface area contributed by atoms with E-state index in [9.17, 15) is 9.59 Å². The standard InChI is InChI=1S/C15H17N3O2/c1-11(18-9-3-8-16-18)10-15(20)17-14-6-4-13(5-7-14)12(2)19/h3-9,11H,10H2,1-2H3,(H,17,20). The van der Waals surface area contributed by atoms with Crippen molar-refractivity contribution in [1.29, 1.82) is 0 Å². The summed E-state index contributed by atoms with van der Waals surface area (Å²) in [5.74, 6) is -0.0706. The normalized spacial score (nSPS) is 11.9. The van der Waals surface area contributed by atoms with Gasteiger partial charge in [0.05, 0.1) is 6.04 Å². The molecule has 2 rings (SSSR count). The fourth-order valence-electron chi connectivity index (χ4n) is 1.90. The minimum Gasteiger partial charge on any atom is -0.326 e. The summed E-state index contributed by atoms with van der Waals surface area (Å²) in [7, 11) is 0. The molecule has 0 fully saturated rings. The maximum Gasteiger partial charge on any atom is 0.226 e. The third-order valence-corrected chi connectivity index (χ3v) is 3.03. The summed E-state index contributed by atoms with van der Waals surface area (Å²) in [5.41, 5.74) is 1.32. The Morgan fingerprint density at radius 3 is 2.55 bits per heavy atom. The van der Waals surface area contributed by atoms with E-state index in [4.69, 9.17) is 0 Å². The van der Waals surface area contributed by atoms with Crippen molar-refractivity contribution >= 4 is 17.4 Å². The summed E-state index contributed by atoms with van der Waals surface area (Å²) >= 11 is 0. The van der Waals surface area contributed by atoms with Gasteiger partial charge in [-0.1, -0.05) is 0 Å². The molecule has 104 valence electrons. The number of aromatic nitrogens is 2. The molecular weight excluding hydrogens is 254 g/mol. The maximum absolute atomic E-state index is 11.9. The molecule has 0 aliphatic heterocycles. The SMILES string of the molecule is CC(=O)c1ccc(NC(=O)CC(C)n2cccn2)cc1. The lowest BCUT2D eigenvalue weighted by Gasteiger charge is -2.12. The summed E-state index contributed by atoms with van der Waals surface area (Å²) in [6.45, 7) is 3.45. The van der Waals surface area contributed by atoms with Crippen molar-refractivity contribution in [2.45, 2.75) is 26.3 Å². The number of carbonyl (C=O) groups is 2. The molecular formula is C15H17N3O2. The molecule has 1 aromatic heterocycles. The molecule has 1 unspecified atom stereocenters. The van der Waals surface area contributed by atoms with Crippen molar-refractivity contribution in [3.05, 3.63) is 48.3 Å². The van der Waals surface area contributed by atoms with E-state index in [0.717, 1.165) is 0 Å². The Balaban J connectivity index is 1.92. The van der Waals surface area contributed by atoms with Gasteiger partial charge in [-0.05, 0) is 44.2 Å². The number of amides is 1. The third-order valence-electron chi connectivity index (χ3n) is 3.03. The summed E-state index contributed by atoms with van der Waals surface area (Å²) in [4.78, 5) is 23.1. The van der Waals surface area contributed by atoms with Crippen molar-refractivity contribution in [3.63, 3.8) is 0 Å². The molecule has 2 aromatic rings. The third kappa shape index (κ3) is 3.54. The van der Waals surface area contributed by atoms with Crippen molar-refractivity contribution in [2.75, 3.05) is 5.32 Å². The minimum atomic E-state index is -0.0800. The Kier molecular flexibility index (Phi) is 4.30. The zero-order valence-corrected chi connectivity index (χ0v) is 11.5. The van der Waals surface area contributed by atoms with Gasteiger partial charge in [-0.3, -0.25) is 14.3 Å². The van der Waals surface area contributed by atoms with Crippen LogP contribution in [0.25, 0.3) is 0 Å². The molecule has 20 heavy (non-hydrogen) atoms. The van der Waals surface area contributed by atoms with E-state index in [-0.39, 0.29) is 17.7 Å². The minimum absolute atomic E-state index is 0.00138. The van der Waals surface area contributed by atoms with E-state index < -0.39 is 0 Å². The first kappa shape index (κ1) is 14.0. The van der Waals surface area contributed by atoms with E-state index in [1.54, 1.807) is 35.1 Å². The van der Waals surface area contributed by atoms with Crippen LogP contribution in [0.4, 0.5) is 5.69 Å². The largest absolute Gasteiger partial charge is 0.326 e. The van der Waals surface area contributed by atoms with E-state index in [1.807, 2.05) is 19.2 Å². The fraction of sp³-hybridized carbons (Fsp3) is 0.267. The molecule has 1 aromatic carbocycles. The van der Waals surface area contributed by atoms with Gasteiger partial charge in [0.15, 0.2) is 5.78 Å². The molecule has 0 radical (unpaired) electrons. The van der Waals surface area contributed by atoms with Crippen molar-refractivity contribution < 1.29 is 9.59 Å². The van der Waals surface area contributed by atoms with Crippen molar-refractivity contribution in [3.8, 4) is 0 Å². The van der Waals surface area contributed by atoms with Gasteiger partial charge in [-0.25, -0.2) is 0 Å². The highest BCUT2D eigenvalue weighted by Crippen LogP contribution is 2.13. The molecule has 0 saturated heterocycles. The number of nitrogens with zero attached hydrogens (tertiary/aromatic N) is 2. The molecule has 5 heteroatoms. The van der Waals surface area contributed by atoms with Crippen LogP contribution in [0.2, 0.25) is 0 Å². The van der Waals surface area contributed by atoms with E-state index in [0.29, 0.717) is 17.7 Å². The predicted molar refractivity (Wildman–Crippen MR) is 76.6 cm³/mol. The second kappa shape index (κ2) is 6.14. The number of carbonyl (C=O) groups excluding carboxylic acids is 2. The van der Waals surface area contributed by atoms with Crippen LogP contribution >= 0.6 is 0 Å². The lowest BCUT2D eigenvalue weighted by atomic mass is 10.1. The quantitative estimate of drug-likeness (QED) is 0.850. The summed E-state index contributed by atoms with van der Waals surface area (Å²) < 4.78 is 1.75. The second-order valence-electron chi connectivity index (χ2n) is 4.72. The molecule has 0 aliphatic rings. The Morgan fingerprint density at radius 2 is 2.00 bits per heavy atom. The van der Waals surface area contributed by atoms with Gasteiger partial charge < -0.3 is 5.32 Å². The van der Waals surface area contributed by atoms with Gasteiger partial charge in [-0.15, -0.1) is 0 Å². The van der Waals surface area contributed by atoms with Gasteiger partial charge in [0, 0.05) is 30.1 Å². The highest BCUT2D eigenvalue weighted by Gasteiger charge is 2.11. The fourth-order valence-corrected chi connectivity index (χ4v) is 1.90. The molecule has 1 heterocycles. The number of ketones is 1. The first-order chi connectivity index (χ1) is 9.56. The van der Waals surface area contributed by atoms with E-state index >= 15 is 0 Å². The van der Waals surface area contributed by atoms with Gasteiger partial charge in [0.25, 0.3) is 0 Å². The lowest BCUT2D eigenvalue weighted by Crippen LogP contribution is -2.17. The van der Waals surface area contributed by atoms with Crippen LogP contribution in [0, 0.1) is 0 Å². The van der Waals surface area contributed by atoms with Crippen LogP contribution in [0.1, 0.15) is 36.7 Å². The number of benzene rings is 1. The number of anilines is 1. The molecule has 0 saturated carbocycles. The monoisotopic (exact) mass is 271 g/mol. The smallest absolute Gasteiger partial charge is 0.226 e. The van der Waals surface area contributed by atoms with E-state index in [2.05, 4.69) is 10.4 Å². The average molecular weight is 271 g/mol. The zero-order chi connectivity index (χ0) is 14.5. The van der Waals surface area contributed by atoms with Crippen LogP contribution in [0.5, 0.6) is 0 Å². The van der Waals surface area contributed by atoms with Gasteiger partial charge in [0.2, 0.25) is 5.91 Å². The molecule has 1 N–H and O–H groups in total. The van der Waals surface area contributed by atoms with Gasteiger partial charge >= 0.3 is 0 Å². The van der Waals surface area contributed by atoms with E-state index in [1.165, 1.54) is 6.92 Å². The van der Waals surface area contributed by atoms with Crippen LogP contribution in [-0.2, 0) is 4.79 Å². The maximum atomic E-state index is 11.9. The molecule has 5 nitrogen and oxygen atoms in total. The topological polar surface area (TPSA) is 64.0 Å². The number of rotatable bonds is 5. The van der Waals surface area contributed by atoms with Crippen molar-refractivity contribution in [2.24, 2.45) is 0 Å². The van der Waals surface area contributed by atoms with Crippen LogP contribution < -0.4 is 5.32 Å². The first-order valence-corrected chi connectivity index (χ1v) is 6.46. The Hall–Kier alpha value is -2.43. The molecule has 1 amide bonds. The first-order valence-electron chi connectivity index (χ1n) is 6.46. The Morgan fingerprint density at radius 1 is 1.30 bits per heavy atom. The Bertz CT molecular complexity index is 588. The zero-order valence-electron chi connectivity index (χ0n) is 11.5. The molecule has 0 spiro atoms. The highest BCUT2D eigenvalue weighted by atomic mass is 16.1. The number of hydrogen-bond donors (Lipinski definition) is 1. The molecule has 1 atom stereocenters. The lowest BCUT2D eigenvalue weighted by molar-refractivity contribution is -0.116. The van der Waals surface area contributed by atoms with Gasteiger partial charge in [0.1, 0.15) is 0 Å². The summed E-state index contributed by atoms with van der Waals surface area (Å²) in [6.07, 6.45) is 3.87. The second-order valence-corrected chi connectivity index (χ2v) is 4.72. The van der Waals surface area contributed by atoms with Crippen LogP contribution in [-0.4, -0.2) is 21.5 Å².